The minimum atomic E-state index is -3.76. The van der Waals surface area contributed by atoms with Crippen molar-refractivity contribution in [1.29, 1.82) is 0 Å². The number of nitrogens with one attached hydrogen (secondary N) is 6. The Labute approximate surface area is 700 Å². The Morgan fingerprint density at radius 1 is 0.331 bits per heavy atom. The second kappa shape index (κ2) is 34.2. The maximum absolute atomic E-state index is 11.5. The van der Waals surface area contributed by atoms with E-state index in [9.17, 15) is 21.6 Å². The van der Waals surface area contributed by atoms with Crippen LogP contribution in [0.25, 0.3) is 52.9 Å². The Balaban J connectivity index is 0.000000110. The van der Waals surface area contributed by atoms with E-state index in [4.69, 9.17) is 20.2 Å². The zero-order valence-electron chi connectivity index (χ0n) is 64.8. The van der Waals surface area contributed by atoms with Crippen LogP contribution >= 0.6 is 56.7 Å². The lowest BCUT2D eigenvalue weighted by Crippen LogP contribution is -2.12. The molecule has 20 rings (SSSR count). The monoisotopic (exact) mass is 1700 g/mol. The van der Waals surface area contributed by atoms with E-state index in [1.54, 1.807) is 87.1 Å². The molecule has 5 aliphatic carbocycles. The third-order valence-electron chi connectivity index (χ3n) is 19.3. The van der Waals surface area contributed by atoms with Gasteiger partial charge in [-0.15, -0.1) is 56.7 Å². The van der Waals surface area contributed by atoms with Crippen molar-refractivity contribution in [1.82, 2.24) is 74.8 Å². The lowest BCUT2D eigenvalue weighted by molar-refractivity contribution is -0.114. The number of nitrogens with two attached hydrogens (primary N) is 2. The van der Waals surface area contributed by atoms with Crippen LogP contribution in [0.15, 0.2) is 167 Å². The molecule has 15 aromatic rings. The average Bonchev–Trinajstić information content (AvgIpc) is 1.60. The third kappa shape index (κ3) is 18.8. The summed E-state index contributed by atoms with van der Waals surface area (Å²) in [5, 5.41) is 31.2. The highest BCUT2D eigenvalue weighted by molar-refractivity contribution is 7.89. The fraction of sp³-hybridized carbons (Fsp3) is 0.205. The molecule has 118 heavy (non-hydrogen) atoms. The molecule has 5 aromatic carbocycles. The highest BCUT2D eigenvalue weighted by Gasteiger charge is 2.28. The molecule has 28 nitrogen and oxygen atoms in total. The summed E-state index contributed by atoms with van der Waals surface area (Å²) in [5.41, 5.74) is 31.4. The first-order valence-corrected chi connectivity index (χ1v) is 44.9. The van der Waals surface area contributed by atoms with Gasteiger partial charge in [0, 0.05) is 72.0 Å². The molecule has 596 valence electrons. The number of hydrogen-bond acceptors (Lipinski definition) is 30. The van der Waals surface area contributed by atoms with Crippen LogP contribution in [-0.4, -0.2) is 97.5 Å². The van der Waals surface area contributed by atoms with Crippen LogP contribution in [0, 0.1) is 41.5 Å². The highest BCUT2D eigenvalue weighted by Crippen LogP contribution is 2.42. The number of anilines is 11. The molecule has 0 spiro atoms. The fourth-order valence-corrected chi connectivity index (χ4v) is 19.9. The number of fused-ring (bicyclic) bond motifs is 15. The standard InChI is InChI=1S/C18H18N4S.C17H15N5OS.C17H16N4S.C16H15N5O2S2.C15H13N5O2S2/c1-10-6-11(2)8-14(7-10)21-18-19-9-13-4-5-15-17(16(13)22-18)23-12(3)20-15;1-10(23)20-12-3-2-4-13(7-12)21-17-18-8-11-5-6-14-16(15(11)22-17)24-9-19-14;1-10-5-11(2)7-13(6-10)20-17-18-8-12-3-4-14-16(15(12)21-17)22-9-19-14;1-9-19-13-6-5-10-8-18-16(21-14(10)15(13)24-9)20-11-3-2-4-12(7-11)25(17,22)23;16-24(21,22)11-3-1-2-10(6-11)19-15-17-7-9-4-5-12-14(13(9)20-15)23-8-18-12/h6-9H,4-5H2,1-3H3,(H,19,21,22);2-4,7-9H,5-6H2,1H3,(H,20,23)(H,18,21,22);5-9H,3-4H2,1-2H3,(H,18,20,21);2-4,7-8H,5-6H2,1H3,(H2,17,22,23)(H,18,20,21);1-3,6-8H,4-5H2,(H2,16,21,22)(H,17,19,20). The summed E-state index contributed by atoms with van der Waals surface area (Å²) in [6.45, 7) is 13.9. The molecule has 10 aromatic heterocycles. The van der Waals surface area contributed by atoms with Crippen molar-refractivity contribution in [2.45, 2.75) is 122 Å². The topological polar surface area (TPSA) is 403 Å². The van der Waals surface area contributed by atoms with Gasteiger partial charge in [0.05, 0.1) is 118 Å². The summed E-state index contributed by atoms with van der Waals surface area (Å²) >= 11 is 8.19. The molecule has 0 saturated heterocycles. The van der Waals surface area contributed by atoms with Crippen molar-refractivity contribution in [2.75, 3.05) is 31.9 Å². The Kier molecular flexibility index (Phi) is 23.2. The summed E-state index contributed by atoms with van der Waals surface area (Å²) in [5.74, 6) is 2.54. The molecule has 1 amide bonds. The van der Waals surface area contributed by atoms with E-state index < -0.39 is 20.0 Å². The number of primary sulfonamides is 2. The smallest absolute Gasteiger partial charge is 0.238 e. The first-order chi connectivity index (χ1) is 56.9. The molecule has 0 atom stereocenters. The number of amides is 1. The van der Waals surface area contributed by atoms with Gasteiger partial charge in [-0.1, -0.05) is 30.3 Å². The average molecular weight is 1700 g/mol. The summed E-state index contributed by atoms with van der Waals surface area (Å²) < 4.78 is 45.9. The van der Waals surface area contributed by atoms with Gasteiger partial charge in [-0.25, -0.2) is 102 Å². The van der Waals surface area contributed by atoms with E-state index in [1.165, 1.54) is 80.0 Å². The second-order valence-electron chi connectivity index (χ2n) is 28.5. The van der Waals surface area contributed by atoms with Gasteiger partial charge in [0.2, 0.25) is 55.7 Å². The number of carbonyl (C=O) groups excluding carboxylic acids is 1. The summed E-state index contributed by atoms with van der Waals surface area (Å²) in [4.78, 5) is 84.7. The van der Waals surface area contributed by atoms with Gasteiger partial charge in [-0.2, -0.15) is 0 Å². The quantitative estimate of drug-likeness (QED) is 0.0531. The van der Waals surface area contributed by atoms with Crippen LogP contribution in [0.5, 0.6) is 0 Å². The van der Waals surface area contributed by atoms with E-state index in [-0.39, 0.29) is 15.7 Å². The van der Waals surface area contributed by atoms with Crippen LogP contribution < -0.4 is 42.2 Å². The fourth-order valence-electron chi connectivity index (χ4n) is 14.2. The Morgan fingerprint density at radius 2 is 0.619 bits per heavy atom. The number of aromatic nitrogens is 15. The molecule has 0 radical (unpaired) electrons. The first-order valence-electron chi connectivity index (χ1n) is 37.5. The molecule has 0 aliphatic heterocycles. The normalized spacial score (nSPS) is 12.8. The van der Waals surface area contributed by atoms with Crippen LogP contribution in [0.3, 0.4) is 0 Å². The molecule has 0 fully saturated rings. The van der Waals surface area contributed by atoms with Crippen molar-refractivity contribution in [2.24, 2.45) is 10.3 Å². The predicted molar refractivity (Wildman–Crippen MR) is 467 cm³/mol. The number of rotatable bonds is 13. The lowest BCUT2D eigenvalue weighted by atomic mass is 10.00. The Morgan fingerprint density at radius 3 is 0.941 bits per heavy atom. The summed E-state index contributed by atoms with van der Waals surface area (Å²) in [7, 11) is -7.51. The van der Waals surface area contributed by atoms with Crippen LogP contribution in [0.2, 0.25) is 0 Å². The van der Waals surface area contributed by atoms with Gasteiger partial charge in [0.25, 0.3) is 0 Å². The van der Waals surface area contributed by atoms with Crippen molar-refractivity contribution in [3.63, 3.8) is 0 Å². The number of sulfonamides is 2. The summed E-state index contributed by atoms with van der Waals surface area (Å²) in [6, 6.07) is 32.7. The predicted octanol–water partition coefficient (Wildman–Crippen LogP) is 16.3. The van der Waals surface area contributed by atoms with Gasteiger partial charge in [-0.3, -0.25) is 4.79 Å². The van der Waals surface area contributed by atoms with E-state index in [0.29, 0.717) is 41.1 Å². The van der Waals surface area contributed by atoms with Gasteiger partial charge in [0.1, 0.15) is 0 Å². The molecule has 10 N–H and O–H groups in total. The van der Waals surface area contributed by atoms with E-state index in [0.717, 1.165) is 180 Å². The molecule has 35 heteroatoms. The molecule has 10 heterocycles. The molecule has 0 unspecified atom stereocenters. The number of thiazole rings is 5. The number of nitrogens with zero attached hydrogens (tertiary/aromatic N) is 15. The Hall–Kier alpha value is -12.1. The molecular weight excluding hydrogens is 1620 g/mol. The van der Waals surface area contributed by atoms with Crippen LogP contribution in [0.1, 0.15) is 95.5 Å². The highest BCUT2D eigenvalue weighted by atomic mass is 32.2. The zero-order chi connectivity index (χ0) is 81.9. The molecule has 5 aliphatic rings. The van der Waals surface area contributed by atoms with Crippen LogP contribution in [0.4, 0.5) is 63.9 Å². The van der Waals surface area contributed by atoms with Gasteiger partial charge in [0.15, 0.2) is 0 Å². The minimum Gasteiger partial charge on any atom is -0.326 e. The largest absolute Gasteiger partial charge is 0.326 e. The van der Waals surface area contributed by atoms with E-state index in [2.05, 4.69) is 168 Å². The van der Waals surface area contributed by atoms with E-state index >= 15 is 0 Å². The first kappa shape index (κ1) is 79.8. The van der Waals surface area contributed by atoms with Crippen molar-refractivity contribution < 1.29 is 21.6 Å². The number of aryl methyl sites for hydroxylation is 16. The van der Waals surface area contributed by atoms with Crippen molar-refractivity contribution in [3.05, 3.63) is 245 Å². The van der Waals surface area contributed by atoms with Gasteiger partial charge in [-0.05, 0) is 235 Å². The van der Waals surface area contributed by atoms with Gasteiger partial charge >= 0.3 is 0 Å². The maximum Gasteiger partial charge on any atom is 0.238 e. The number of benzene rings is 5. The van der Waals surface area contributed by atoms with E-state index in [1.807, 2.05) is 72.5 Å². The molecule has 0 saturated carbocycles. The van der Waals surface area contributed by atoms with Crippen molar-refractivity contribution >= 4 is 147 Å². The van der Waals surface area contributed by atoms with Crippen LogP contribution in [-0.2, 0) is 89.0 Å². The number of hydrogen-bond donors (Lipinski definition) is 8. The van der Waals surface area contributed by atoms with Gasteiger partial charge < -0.3 is 31.9 Å². The molecule has 0 bridgehead atoms. The maximum atomic E-state index is 11.5. The zero-order valence-corrected chi connectivity index (χ0v) is 70.6. The number of carbonyl (C=O) groups is 1. The lowest BCUT2D eigenvalue weighted by Gasteiger charge is -2.15. The summed E-state index contributed by atoms with van der Waals surface area (Å²) in [6.07, 6.45) is 18.7. The second-order valence-corrected chi connectivity index (χ2v) is 36.6. The SMILES string of the molecule is CC(=O)Nc1cccc(Nc2ncc3c(n2)-c2scnc2CC3)c1.Cc1cc(C)cc(Nc2ncc3c(n2)-c2sc(C)nc2CC3)c1.Cc1cc(C)cc(Nc2ncc3c(n2)-c2scnc2CC3)c1.Cc1nc2c(s1)-c1nc(Nc3cccc(S(N)(=O)=O)c3)ncc1CC2.NS(=O)(=O)c1cccc(Nc2ncc3c(n2)-c2scnc2CC3)c1. The minimum absolute atomic E-state index is 0.0372. The van der Waals surface area contributed by atoms with Crippen molar-refractivity contribution in [3.8, 4) is 52.9 Å². The molecular formula is C83H77N23O5S7. The third-order valence-corrected chi connectivity index (χ3v) is 25.8. The Bertz CT molecular complexity index is 6560.